The maximum Gasteiger partial charge on any atom is 0.151 e. The lowest BCUT2D eigenvalue weighted by Crippen LogP contribution is -2.30. The van der Waals surface area contributed by atoms with E-state index in [9.17, 15) is 0 Å². The van der Waals surface area contributed by atoms with E-state index in [4.69, 9.17) is 4.98 Å². The van der Waals surface area contributed by atoms with Gasteiger partial charge in [0.15, 0.2) is 5.82 Å². The highest BCUT2D eigenvalue weighted by Crippen LogP contribution is 2.30. The zero-order valence-electron chi connectivity index (χ0n) is 10.6. The Bertz CT molecular complexity index is 545. The normalized spacial score (nSPS) is 15.9. The van der Waals surface area contributed by atoms with Crippen LogP contribution in [0.1, 0.15) is 25.0 Å². The van der Waals surface area contributed by atoms with Crippen molar-refractivity contribution in [1.29, 1.82) is 0 Å². The van der Waals surface area contributed by atoms with Gasteiger partial charge in [0.1, 0.15) is 5.65 Å². The molecule has 0 radical (unpaired) electrons. The van der Waals surface area contributed by atoms with Crippen LogP contribution in [0.5, 0.6) is 0 Å². The maximum atomic E-state index is 4.75. The van der Waals surface area contributed by atoms with E-state index in [-0.39, 0.29) is 0 Å². The van der Waals surface area contributed by atoms with E-state index in [0.29, 0.717) is 0 Å². The van der Waals surface area contributed by atoms with Crippen LogP contribution in [0.25, 0.3) is 5.65 Å². The van der Waals surface area contributed by atoms with Crippen molar-refractivity contribution in [2.75, 3.05) is 18.5 Å². The Kier molecular flexibility index (Phi) is 3.29. The molecule has 96 valence electrons. The number of halogens is 1. The lowest BCUT2D eigenvalue weighted by molar-refractivity contribution is 0.321. The van der Waals surface area contributed by atoms with Gasteiger partial charge in [0.2, 0.25) is 0 Å². The monoisotopic (exact) mass is 307 g/mol. The predicted molar refractivity (Wildman–Crippen MR) is 78.4 cm³/mol. The summed E-state index contributed by atoms with van der Waals surface area (Å²) in [6.45, 7) is 1.13. The molecule has 0 spiro atoms. The summed E-state index contributed by atoms with van der Waals surface area (Å²) in [4.78, 5) is 7.07. The van der Waals surface area contributed by atoms with Crippen LogP contribution in [0.4, 0.5) is 5.82 Å². The van der Waals surface area contributed by atoms with Gasteiger partial charge < -0.3 is 9.30 Å². The van der Waals surface area contributed by atoms with Crippen LogP contribution in [-0.4, -0.2) is 23.0 Å². The smallest absolute Gasteiger partial charge is 0.151 e. The number of hydrogen-bond donors (Lipinski definition) is 0. The van der Waals surface area contributed by atoms with Crippen LogP contribution in [0.3, 0.4) is 0 Å². The zero-order chi connectivity index (χ0) is 12.5. The van der Waals surface area contributed by atoms with Crippen molar-refractivity contribution in [3.05, 3.63) is 30.1 Å². The van der Waals surface area contributed by atoms with E-state index in [1.165, 1.54) is 25.0 Å². The Balaban J connectivity index is 1.94. The SMILES string of the molecule is CN(CC1CCC1)c1nc2ccccn2c1CBr. The molecule has 1 aliphatic rings. The fourth-order valence-corrected chi connectivity index (χ4v) is 3.13. The summed E-state index contributed by atoms with van der Waals surface area (Å²) in [6, 6.07) is 6.15. The highest BCUT2D eigenvalue weighted by atomic mass is 79.9. The van der Waals surface area contributed by atoms with E-state index in [0.717, 1.165) is 29.3 Å². The quantitative estimate of drug-likeness (QED) is 0.806. The van der Waals surface area contributed by atoms with Crippen LogP contribution in [0.2, 0.25) is 0 Å². The maximum absolute atomic E-state index is 4.75. The number of fused-ring (bicyclic) bond motifs is 1. The molecule has 0 amide bonds. The second-order valence-electron chi connectivity index (χ2n) is 5.12. The molecule has 0 saturated heterocycles. The summed E-state index contributed by atoms with van der Waals surface area (Å²) in [7, 11) is 2.16. The highest BCUT2D eigenvalue weighted by molar-refractivity contribution is 9.08. The van der Waals surface area contributed by atoms with E-state index >= 15 is 0 Å². The fourth-order valence-electron chi connectivity index (χ4n) is 2.61. The van der Waals surface area contributed by atoms with Crippen molar-refractivity contribution >= 4 is 27.4 Å². The predicted octanol–water partition coefficient (Wildman–Crippen LogP) is 3.47. The van der Waals surface area contributed by atoms with Gasteiger partial charge in [-0.1, -0.05) is 28.4 Å². The van der Waals surface area contributed by atoms with Crippen LogP contribution in [-0.2, 0) is 5.33 Å². The Morgan fingerprint density at radius 2 is 2.28 bits per heavy atom. The van der Waals surface area contributed by atoms with Gasteiger partial charge in [-0.25, -0.2) is 4.98 Å². The second-order valence-corrected chi connectivity index (χ2v) is 5.68. The van der Waals surface area contributed by atoms with E-state index in [1.807, 2.05) is 6.07 Å². The van der Waals surface area contributed by atoms with Crippen molar-refractivity contribution in [2.45, 2.75) is 24.6 Å². The topological polar surface area (TPSA) is 20.5 Å². The molecular formula is C14H18BrN3. The minimum absolute atomic E-state index is 0.836. The first-order valence-corrected chi connectivity index (χ1v) is 7.65. The Morgan fingerprint density at radius 1 is 1.44 bits per heavy atom. The minimum atomic E-state index is 0.836. The number of alkyl halides is 1. The number of nitrogens with zero attached hydrogens (tertiary/aromatic N) is 3. The molecule has 1 aliphatic carbocycles. The summed E-state index contributed by atoms with van der Waals surface area (Å²) >= 11 is 3.59. The molecule has 0 atom stereocenters. The van der Waals surface area contributed by atoms with E-state index in [1.54, 1.807) is 0 Å². The molecule has 0 N–H and O–H groups in total. The lowest BCUT2D eigenvalue weighted by Gasteiger charge is -2.30. The standard InChI is InChI=1S/C14H18BrN3/c1-17(10-11-5-4-6-11)14-12(9-15)18-8-3-2-7-13(18)16-14/h2-3,7-8,11H,4-6,9-10H2,1H3. The Morgan fingerprint density at radius 3 is 2.94 bits per heavy atom. The number of hydrogen-bond acceptors (Lipinski definition) is 2. The lowest BCUT2D eigenvalue weighted by atomic mass is 9.85. The van der Waals surface area contributed by atoms with Crippen LogP contribution in [0, 0.1) is 5.92 Å². The molecule has 2 heterocycles. The molecule has 1 saturated carbocycles. The summed E-state index contributed by atoms with van der Waals surface area (Å²) in [5, 5.41) is 0.836. The third-order valence-corrected chi connectivity index (χ3v) is 4.38. The van der Waals surface area contributed by atoms with E-state index < -0.39 is 0 Å². The second kappa shape index (κ2) is 4.92. The minimum Gasteiger partial charge on any atom is -0.358 e. The first kappa shape index (κ1) is 12.0. The Hall–Kier alpha value is -1.03. The molecule has 0 aromatic carbocycles. The van der Waals surface area contributed by atoms with Crippen molar-refractivity contribution in [3.8, 4) is 0 Å². The third kappa shape index (κ3) is 2.03. The van der Waals surface area contributed by atoms with Crippen molar-refractivity contribution in [2.24, 2.45) is 5.92 Å². The number of pyridine rings is 1. The number of aromatic nitrogens is 2. The molecule has 0 unspecified atom stereocenters. The molecular weight excluding hydrogens is 290 g/mol. The van der Waals surface area contributed by atoms with Gasteiger partial charge >= 0.3 is 0 Å². The third-order valence-electron chi connectivity index (χ3n) is 3.85. The molecule has 0 bridgehead atoms. The number of imidazole rings is 1. The van der Waals surface area contributed by atoms with E-state index in [2.05, 4.69) is 50.6 Å². The van der Waals surface area contributed by atoms with Gasteiger partial charge in [-0.3, -0.25) is 0 Å². The largest absolute Gasteiger partial charge is 0.358 e. The molecule has 3 rings (SSSR count). The highest BCUT2D eigenvalue weighted by Gasteiger charge is 2.22. The number of rotatable bonds is 4. The van der Waals surface area contributed by atoms with Gasteiger partial charge in [-0.15, -0.1) is 0 Å². The number of anilines is 1. The zero-order valence-corrected chi connectivity index (χ0v) is 12.2. The molecule has 2 aromatic heterocycles. The van der Waals surface area contributed by atoms with Gasteiger partial charge in [0, 0.05) is 25.1 Å². The summed E-state index contributed by atoms with van der Waals surface area (Å²) in [5.74, 6) is 1.98. The van der Waals surface area contributed by atoms with Crippen LogP contribution >= 0.6 is 15.9 Å². The summed E-state index contributed by atoms with van der Waals surface area (Å²) in [6.07, 6.45) is 6.23. The molecule has 2 aromatic rings. The average Bonchev–Trinajstić information content (AvgIpc) is 2.72. The molecule has 1 fully saturated rings. The van der Waals surface area contributed by atoms with Crippen molar-refractivity contribution in [3.63, 3.8) is 0 Å². The van der Waals surface area contributed by atoms with Crippen LogP contribution in [0.15, 0.2) is 24.4 Å². The molecule has 18 heavy (non-hydrogen) atoms. The fraction of sp³-hybridized carbons (Fsp3) is 0.500. The van der Waals surface area contributed by atoms with Crippen molar-refractivity contribution < 1.29 is 0 Å². The first-order valence-electron chi connectivity index (χ1n) is 6.52. The molecule has 4 heteroatoms. The van der Waals surface area contributed by atoms with Crippen molar-refractivity contribution in [1.82, 2.24) is 9.38 Å². The van der Waals surface area contributed by atoms with Gasteiger partial charge in [-0.05, 0) is 30.9 Å². The summed E-state index contributed by atoms with van der Waals surface area (Å²) in [5.41, 5.74) is 2.27. The average molecular weight is 308 g/mol. The van der Waals surface area contributed by atoms with Gasteiger partial charge in [0.05, 0.1) is 5.69 Å². The molecule has 3 nitrogen and oxygen atoms in total. The van der Waals surface area contributed by atoms with Gasteiger partial charge in [0.25, 0.3) is 0 Å². The molecule has 0 aliphatic heterocycles. The first-order chi connectivity index (χ1) is 8.79. The van der Waals surface area contributed by atoms with Gasteiger partial charge in [-0.2, -0.15) is 0 Å². The Labute approximate surface area is 116 Å². The van der Waals surface area contributed by atoms with Crippen LogP contribution < -0.4 is 4.90 Å². The summed E-state index contributed by atoms with van der Waals surface area (Å²) < 4.78 is 2.17.